The molecule has 1 aromatic rings. The van der Waals surface area contributed by atoms with Crippen molar-refractivity contribution >= 4 is 0 Å². The van der Waals surface area contributed by atoms with Gasteiger partial charge < -0.3 is 24.4 Å². The van der Waals surface area contributed by atoms with Gasteiger partial charge in [0.1, 0.15) is 17.6 Å². The Morgan fingerprint density at radius 2 is 1.69 bits per heavy atom. The summed E-state index contributed by atoms with van der Waals surface area (Å²) in [5, 5.41) is 18.3. The summed E-state index contributed by atoms with van der Waals surface area (Å²) in [5.41, 5.74) is 1.19. The number of aliphatic hydroxyl groups excluding tert-OH is 2. The minimum atomic E-state index is -0.775. The summed E-state index contributed by atoms with van der Waals surface area (Å²) in [4.78, 5) is 2.49. The normalized spacial score (nSPS) is 21.6. The van der Waals surface area contributed by atoms with Gasteiger partial charge in [0.05, 0.1) is 33.5 Å². The Balaban J connectivity index is 1.90. The third-order valence-electron chi connectivity index (χ3n) is 5.10. The number of aliphatic hydroxyl groups is 2. The highest BCUT2D eigenvalue weighted by molar-refractivity contribution is 5.38. The Kier molecular flexibility index (Phi) is 8.65. The van der Waals surface area contributed by atoms with Gasteiger partial charge in [0.25, 0.3) is 0 Å². The molecule has 1 unspecified atom stereocenters. The van der Waals surface area contributed by atoms with Crippen LogP contribution in [0.25, 0.3) is 0 Å². The molecule has 2 N–H and O–H groups in total. The molecule has 26 heavy (non-hydrogen) atoms. The van der Waals surface area contributed by atoms with Gasteiger partial charge in [-0.1, -0.05) is 6.92 Å². The lowest BCUT2D eigenvalue weighted by atomic mass is 9.91. The van der Waals surface area contributed by atoms with Crippen molar-refractivity contribution in [3.05, 3.63) is 23.8 Å². The van der Waals surface area contributed by atoms with Crippen LogP contribution < -0.4 is 9.47 Å². The van der Waals surface area contributed by atoms with Crippen LogP contribution in [0.3, 0.4) is 0 Å². The van der Waals surface area contributed by atoms with Crippen molar-refractivity contribution in [3.63, 3.8) is 0 Å². The van der Waals surface area contributed by atoms with Crippen molar-refractivity contribution < 1.29 is 24.4 Å². The van der Waals surface area contributed by atoms with E-state index in [9.17, 15) is 5.11 Å². The topological polar surface area (TPSA) is 71.4 Å². The zero-order chi connectivity index (χ0) is 18.9. The second kappa shape index (κ2) is 10.7. The third-order valence-corrected chi connectivity index (χ3v) is 5.10. The molecule has 1 aliphatic carbocycles. The van der Waals surface area contributed by atoms with Gasteiger partial charge in [-0.25, -0.2) is 0 Å². The highest BCUT2D eigenvalue weighted by Crippen LogP contribution is 2.28. The van der Waals surface area contributed by atoms with Crippen LogP contribution in [0, 0.1) is 0 Å². The van der Waals surface area contributed by atoms with E-state index in [0.29, 0.717) is 6.04 Å². The van der Waals surface area contributed by atoms with E-state index in [1.54, 1.807) is 14.2 Å². The number of hydrogen-bond donors (Lipinski definition) is 2. The van der Waals surface area contributed by atoms with Crippen molar-refractivity contribution in [1.82, 2.24) is 4.90 Å². The average molecular weight is 367 g/mol. The maximum atomic E-state index is 9.41. The highest BCUT2D eigenvalue weighted by atomic mass is 16.5. The molecule has 148 valence electrons. The molecule has 6 heteroatoms. The first-order valence-electron chi connectivity index (χ1n) is 9.46. The lowest BCUT2D eigenvalue weighted by molar-refractivity contribution is -0.0477. The molecule has 6 nitrogen and oxygen atoms in total. The van der Waals surface area contributed by atoms with Gasteiger partial charge in [-0.05, 0) is 49.9 Å². The molecule has 0 amide bonds. The van der Waals surface area contributed by atoms with Gasteiger partial charge in [0, 0.05) is 18.7 Å². The predicted molar refractivity (Wildman–Crippen MR) is 101 cm³/mol. The van der Waals surface area contributed by atoms with Crippen LogP contribution in [-0.4, -0.2) is 67.3 Å². The highest BCUT2D eigenvalue weighted by Gasteiger charge is 2.26. The summed E-state index contributed by atoms with van der Waals surface area (Å²) in [7, 11) is 3.34. The first kappa shape index (κ1) is 21.0. The number of nitrogens with zero attached hydrogens (tertiary/aromatic N) is 1. The van der Waals surface area contributed by atoms with E-state index in [-0.39, 0.29) is 19.3 Å². The SMILES string of the molecule is CCN(Cc1cc(OC)cc(OC)c1)[C@H]1CC[C@H](OCC(O)CO)CC1. The largest absolute Gasteiger partial charge is 0.497 e. The molecule has 1 saturated carbocycles. The standard InChI is InChI=1S/C20H33NO5/c1-4-21(12-15-9-19(24-2)11-20(10-15)25-3)16-5-7-18(8-6-16)26-14-17(23)13-22/h9-11,16-18,22-23H,4-8,12-14H2,1-3H3/t16-,17?,18-. The molecule has 0 aliphatic heterocycles. The second-order valence-electron chi connectivity index (χ2n) is 6.88. The predicted octanol–water partition coefficient (Wildman–Crippen LogP) is 2.21. The number of benzene rings is 1. The van der Waals surface area contributed by atoms with E-state index in [1.807, 2.05) is 6.07 Å². The minimum absolute atomic E-state index is 0.183. The Morgan fingerprint density at radius 3 is 2.19 bits per heavy atom. The Labute approximate surface area is 156 Å². The van der Waals surface area contributed by atoms with Crippen LogP contribution >= 0.6 is 0 Å². The average Bonchev–Trinajstić information content (AvgIpc) is 2.70. The summed E-state index contributed by atoms with van der Waals surface area (Å²) in [6.07, 6.45) is 3.54. The van der Waals surface area contributed by atoms with E-state index in [1.165, 1.54) is 5.56 Å². The molecule has 1 atom stereocenters. The van der Waals surface area contributed by atoms with Crippen LogP contribution in [0.15, 0.2) is 18.2 Å². The zero-order valence-electron chi connectivity index (χ0n) is 16.2. The fraction of sp³-hybridized carbons (Fsp3) is 0.700. The van der Waals surface area contributed by atoms with Crippen LogP contribution in [0.4, 0.5) is 0 Å². The number of methoxy groups -OCH3 is 2. The quantitative estimate of drug-likeness (QED) is 0.661. The van der Waals surface area contributed by atoms with Crippen LogP contribution in [0.1, 0.15) is 38.2 Å². The van der Waals surface area contributed by atoms with Gasteiger partial charge in [-0.3, -0.25) is 4.90 Å². The molecule has 0 spiro atoms. The van der Waals surface area contributed by atoms with Crippen molar-refractivity contribution in [2.75, 3.05) is 34.0 Å². The van der Waals surface area contributed by atoms with Gasteiger partial charge in [-0.2, -0.15) is 0 Å². The first-order valence-corrected chi connectivity index (χ1v) is 9.46. The lowest BCUT2D eigenvalue weighted by Crippen LogP contribution is -2.39. The smallest absolute Gasteiger partial charge is 0.122 e. The van der Waals surface area contributed by atoms with Gasteiger partial charge >= 0.3 is 0 Å². The van der Waals surface area contributed by atoms with E-state index in [4.69, 9.17) is 19.3 Å². The van der Waals surface area contributed by atoms with E-state index in [2.05, 4.69) is 24.0 Å². The first-order chi connectivity index (χ1) is 12.6. The maximum absolute atomic E-state index is 9.41. The molecule has 2 rings (SSSR count). The second-order valence-corrected chi connectivity index (χ2v) is 6.88. The number of ether oxygens (including phenoxy) is 3. The molecular weight excluding hydrogens is 334 g/mol. The molecule has 0 aromatic heterocycles. The van der Waals surface area contributed by atoms with E-state index >= 15 is 0 Å². The van der Waals surface area contributed by atoms with Gasteiger partial charge in [0.2, 0.25) is 0 Å². The van der Waals surface area contributed by atoms with Crippen molar-refractivity contribution in [3.8, 4) is 11.5 Å². The Hall–Kier alpha value is -1.34. The third kappa shape index (κ3) is 6.13. The summed E-state index contributed by atoms with van der Waals surface area (Å²) < 4.78 is 16.5. The molecule has 0 radical (unpaired) electrons. The number of rotatable bonds is 10. The van der Waals surface area contributed by atoms with Crippen molar-refractivity contribution in [2.24, 2.45) is 0 Å². The molecular formula is C20H33NO5. The van der Waals surface area contributed by atoms with E-state index in [0.717, 1.165) is 50.3 Å². The van der Waals surface area contributed by atoms with Gasteiger partial charge in [0.15, 0.2) is 0 Å². The number of hydrogen-bond acceptors (Lipinski definition) is 6. The summed E-state index contributed by atoms with van der Waals surface area (Å²) in [6, 6.07) is 6.55. The lowest BCUT2D eigenvalue weighted by Gasteiger charge is -2.36. The molecule has 1 aromatic carbocycles. The maximum Gasteiger partial charge on any atom is 0.122 e. The summed E-state index contributed by atoms with van der Waals surface area (Å²) in [6.45, 7) is 4.01. The molecule has 1 fully saturated rings. The van der Waals surface area contributed by atoms with Crippen LogP contribution in [-0.2, 0) is 11.3 Å². The molecule has 0 heterocycles. The summed E-state index contributed by atoms with van der Waals surface area (Å²) in [5.74, 6) is 1.63. The minimum Gasteiger partial charge on any atom is -0.497 e. The van der Waals surface area contributed by atoms with Gasteiger partial charge in [-0.15, -0.1) is 0 Å². The fourth-order valence-electron chi connectivity index (χ4n) is 3.57. The Morgan fingerprint density at radius 1 is 1.08 bits per heavy atom. The van der Waals surface area contributed by atoms with E-state index < -0.39 is 6.10 Å². The van der Waals surface area contributed by atoms with Crippen molar-refractivity contribution in [1.29, 1.82) is 0 Å². The van der Waals surface area contributed by atoms with Crippen molar-refractivity contribution in [2.45, 2.75) is 57.4 Å². The molecule has 1 aliphatic rings. The summed E-state index contributed by atoms with van der Waals surface area (Å²) >= 11 is 0. The zero-order valence-corrected chi connectivity index (χ0v) is 16.2. The fourth-order valence-corrected chi connectivity index (χ4v) is 3.57. The van der Waals surface area contributed by atoms with Crippen LogP contribution in [0.2, 0.25) is 0 Å². The Bertz CT molecular complexity index is 509. The molecule has 0 saturated heterocycles. The molecule has 0 bridgehead atoms. The van der Waals surface area contributed by atoms with Crippen LogP contribution in [0.5, 0.6) is 11.5 Å². The monoisotopic (exact) mass is 367 g/mol.